The molecule has 0 aliphatic heterocycles. The molecule has 0 aliphatic rings. The fourth-order valence-electron chi connectivity index (χ4n) is 3.21. The summed E-state index contributed by atoms with van der Waals surface area (Å²) in [4.78, 5) is 3.17. The summed E-state index contributed by atoms with van der Waals surface area (Å²) in [7, 11) is 1.88. The van der Waals surface area contributed by atoms with Gasteiger partial charge in [-0.3, -0.25) is 0 Å². The summed E-state index contributed by atoms with van der Waals surface area (Å²) in [5.41, 5.74) is 2.83. The molecule has 0 spiro atoms. The fourth-order valence-corrected chi connectivity index (χ4v) is 3.21. The Hall–Kier alpha value is -2.47. The van der Waals surface area contributed by atoms with E-state index in [4.69, 9.17) is 4.74 Å². The van der Waals surface area contributed by atoms with E-state index in [1.54, 1.807) is 12.1 Å². The predicted molar refractivity (Wildman–Crippen MR) is 96.7 cm³/mol. The molecule has 1 heterocycles. The van der Waals surface area contributed by atoms with Crippen molar-refractivity contribution in [3.05, 3.63) is 65.9 Å². The van der Waals surface area contributed by atoms with Crippen molar-refractivity contribution >= 4 is 10.9 Å². The number of alkyl halides is 3. The molecule has 2 N–H and O–H groups in total. The van der Waals surface area contributed by atoms with Crippen LogP contribution in [0, 0.1) is 0 Å². The van der Waals surface area contributed by atoms with Crippen LogP contribution in [0.15, 0.2) is 54.7 Å². The molecule has 1 unspecified atom stereocenters. The molecule has 0 radical (unpaired) electrons. The summed E-state index contributed by atoms with van der Waals surface area (Å²) in [5, 5.41) is 3.86. The van der Waals surface area contributed by atoms with E-state index in [1.807, 2.05) is 49.6 Å². The Morgan fingerprint density at radius 2 is 1.85 bits per heavy atom. The van der Waals surface area contributed by atoms with Crippen LogP contribution >= 0.6 is 0 Å². The second-order valence-corrected chi connectivity index (χ2v) is 6.18. The molecular formula is C20H21F3N2O. The highest BCUT2D eigenvalue weighted by atomic mass is 19.4. The Morgan fingerprint density at radius 3 is 2.54 bits per heavy atom. The minimum Gasteiger partial charge on any atom is -0.483 e. The zero-order chi connectivity index (χ0) is 18.6. The van der Waals surface area contributed by atoms with Crippen LogP contribution in [0.2, 0.25) is 0 Å². The lowest BCUT2D eigenvalue weighted by atomic mass is 9.88. The van der Waals surface area contributed by atoms with Crippen molar-refractivity contribution in [2.45, 2.75) is 18.5 Å². The van der Waals surface area contributed by atoms with Crippen molar-refractivity contribution in [3.63, 3.8) is 0 Å². The quantitative estimate of drug-likeness (QED) is 0.630. The molecule has 0 saturated carbocycles. The first kappa shape index (κ1) is 18.3. The van der Waals surface area contributed by atoms with E-state index in [1.165, 1.54) is 0 Å². The molecule has 138 valence electrons. The van der Waals surface area contributed by atoms with E-state index in [2.05, 4.69) is 10.3 Å². The summed E-state index contributed by atoms with van der Waals surface area (Å²) in [5.74, 6) is 0.300. The molecule has 0 aliphatic carbocycles. The standard InChI is InChI=1S/C20H21F3N2O/c1-24-11-10-15(14-6-3-2-4-7-14)16-12-25-17-8-5-9-18(19(16)17)26-13-20(21,22)23/h2-9,12,15,24-25H,10-11,13H2,1H3. The van der Waals surface area contributed by atoms with Crippen LogP contribution < -0.4 is 10.1 Å². The van der Waals surface area contributed by atoms with E-state index >= 15 is 0 Å². The number of hydrogen-bond acceptors (Lipinski definition) is 2. The number of halogens is 3. The van der Waals surface area contributed by atoms with Gasteiger partial charge >= 0.3 is 6.18 Å². The van der Waals surface area contributed by atoms with Gasteiger partial charge in [0, 0.05) is 23.0 Å². The largest absolute Gasteiger partial charge is 0.483 e. The van der Waals surface area contributed by atoms with E-state index in [-0.39, 0.29) is 11.7 Å². The number of benzene rings is 2. The molecule has 1 atom stereocenters. The van der Waals surface area contributed by atoms with Crippen molar-refractivity contribution in [2.24, 2.45) is 0 Å². The van der Waals surface area contributed by atoms with Crippen LogP contribution in [-0.4, -0.2) is 31.4 Å². The monoisotopic (exact) mass is 362 g/mol. The van der Waals surface area contributed by atoms with Gasteiger partial charge in [0.2, 0.25) is 0 Å². The number of fused-ring (bicyclic) bond motifs is 1. The minimum absolute atomic E-state index is 0.0491. The van der Waals surface area contributed by atoms with Gasteiger partial charge in [-0.1, -0.05) is 36.4 Å². The van der Waals surface area contributed by atoms with Gasteiger partial charge in [-0.15, -0.1) is 0 Å². The number of nitrogens with one attached hydrogen (secondary N) is 2. The number of rotatable bonds is 7. The van der Waals surface area contributed by atoms with Gasteiger partial charge in [-0.2, -0.15) is 13.2 Å². The van der Waals surface area contributed by atoms with Gasteiger partial charge < -0.3 is 15.0 Å². The zero-order valence-electron chi connectivity index (χ0n) is 14.4. The highest BCUT2D eigenvalue weighted by molar-refractivity contribution is 5.90. The summed E-state index contributed by atoms with van der Waals surface area (Å²) in [6.45, 7) is -0.513. The number of H-pyrrole nitrogens is 1. The maximum Gasteiger partial charge on any atom is 0.422 e. The smallest absolute Gasteiger partial charge is 0.422 e. The molecule has 0 amide bonds. The third-order valence-corrected chi connectivity index (χ3v) is 4.35. The van der Waals surface area contributed by atoms with Crippen molar-refractivity contribution < 1.29 is 17.9 Å². The second kappa shape index (κ2) is 7.83. The third-order valence-electron chi connectivity index (χ3n) is 4.35. The van der Waals surface area contributed by atoms with Crippen LogP contribution in [-0.2, 0) is 0 Å². The molecule has 0 saturated heterocycles. The number of aromatic amines is 1. The van der Waals surface area contributed by atoms with Crippen LogP contribution in [0.3, 0.4) is 0 Å². The Labute approximate surface area is 150 Å². The summed E-state index contributed by atoms with van der Waals surface area (Å²) in [6, 6.07) is 15.1. The van der Waals surface area contributed by atoms with Crippen molar-refractivity contribution in [1.29, 1.82) is 0 Å². The van der Waals surface area contributed by atoms with Crippen molar-refractivity contribution in [3.8, 4) is 5.75 Å². The molecule has 1 aromatic heterocycles. The van der Waals surface area contributed by atoms with Gasteiger partial charge in [0.15, 0.2) is 6.61 Å². The molecule has 3 nitrogen and oxygen atoms in total. The molecule has 6 heteroatoms. The molecule has 2 aromatic carbocycles. The van der Waals surface area contributed by atoms with E-state index in [0.717, 1.165) is 29.6 Å². The Bertz CT molecular complexity index is 843. The van der Waals surface area contributed by atoms with Crippen molar-refractivity contribution in [1.82, 2.24) is 10.3 Å². The first-order valence-electron chi connectivity index (χ1n) is 8.48. The lowest BCUT2D eigenvalue weighted by Gasteiger charge is -2.18. The van der Waals surface area contributed by atoms with Crippen LogP contribution in [0.1, 0.15) is 23.5 Å². The molecule has 26 heavy (non-hydrogen) atoms. The Balaban J connectivity index is 2.04. The Kier molecular flexibility index (Phi) is 5.52. The lowest BCUT2D eigenvalue weighted by molar-refractivity contribution is -0.153. The van der Waals surface area contributed by atoms with Crippen LogP contribution in [0.25, 0.3) is 10.9 Å². The molecule has 3 aromatic rings. The van der Waals surface area contributed by atoms with E-state index in [9.17, 15) is 13.2 Å². The molecule has 3 rings (SSSR count). The summed E-state index contributed by atoms with van der Waals surface area (Å²) in [6.07, 6.45) is -1.68. The number of ether oxygens (including phenoxy) is 1. The Morgan fingerprint density at radius 1 is 1.08 bits per heavy atom. The fraction of sp³-hybridized carbons (Fsp3) is 0.300. The van der Waals surface area contributed by atoms with Crippen LogP contribution in [0.4, 0.5) is 13.2 Å². The van der Waals surface area contributed by atoms with Gasteiger partial charge in [-0.25, -0.2) is 0 Å². The van der Waals surface area contributed by atoms with Crippen molar-refractivity contribution in [2.75, 3.05) is 20.2 Å². The van der Waals surface area contributed by atoms with Gasteiger partial charge in [-0.05, 0) is 43.3 Å². The molecular weight excluding hydrogens is 341 g/mol. The average Bonchev–Trinajstić information content (AvgIpc) is 3.05. The first-order valence-corrected chi connectivity index (χ1v) is 8.48. The SMILES string of the molecule is CNCCC(c1ccccc1)c1c[nH]c2cccc(OCC(F)(F)F)c12. The highest BCUT2D eigenvalue weighted by Gasteiger charge is 2.29. The first-order chi connectivity index (χ1) is 12.5. The number of hydrogen-bond donors (Lipinski definition) is 2. The minimum atomic E-state index is -4.37. The lowest BCUT2D eigenvalue weighted by Crippen LogP contribution is -2.19. The predicted octanol–water partition coefficient (Wildman–Crippen LogP) is 4.85. The second-order valence-electron chi connectivity index (χ2n) is 6.18. The normalized spacial score (nSPS) is 13.1. The van der Waals surface area contributed by atoms with Gasteiger partial charge in [0.25, 0.3) is 0 Å². The maximum atomic E-state index is 12.6. The van der Waals surface area contributed by atoms with E-state index in [0.29, 0.717) is 5.39 Å². The van der Waals surface area contributed by atoms with E-state index < -0.39 is 12.8 Å². The molecule has 0 bridgehead atoms. The molecule has 0 fully saturated rings. The zero-order valence-corrected chi connectivity index (χ0v) is 14.4. The highest BCUT2D eigenvalue weighted by Crippen LogP contribution is 2.38. The van der Waals surface area contributed by atoms with Gasteiger partial charge in [0.05, 0.1) is 0 Å². The number of aromatic nitrogens is 1. The maximum absolute atomic E-state index is 12.6. The third kappa shape index (κ3) is 4.19. The summed E-state index contributed by atoms with van der Waals surface area (Å²) < 4.78 is 43.0. The van der Waals surface area contributed by atoms with Gasteiger partial charge in [0.1, 0.15) is 5.75 Å². The average molecular weight is 362 g/mol. The summed E-state index contributed by atoms with van der Waals surface area (Å²) >= 11 is 0. The topological polar surface area (TPSA) is 37.0 Å². The van der Waals surface area contributed by atoms with Crippen LogP contribution in [0.5, 0.6) is 5.75 Å².